The van der Waals surface area contributed by atoms with E-state index < -0.39 is 0 Å². The standard InChI is InChI=1S/C15H24N2O2/c1-4-10-16-15(18)12(3)17-14-8-6-13(7-9-14)11-19-5-2/h6-9,12,17H,4-5,10-11H2,1-3H3,(H,16,18)/t12-/m0/s1. The third-order valence-electron chi connectivity index (χ3n) is 2.75. The zero-order valence-corrected chi connectivity index (χ0v) is 12.0. The van der Waals surface area contributed by atoms with Gasteiger partial charge in [0.25, 0.3) is 0 Å². The molecule has 0 saturated heterocycles. The molecule has 1 aromatic carbocycles. The number of anilines is 1. The van der Waals surface area contributed by atoms with Crippen molar-refractivity contribution < 1.29 is 9.53 Å². The third-order valence-corrected chi connectivity index (χ3v) is 2.75. The molecule has 4 heteroatoms. The normalized spacial score (nSPS) is 11.9. The van der Waals surface area contributed by atoms with Crippen molar-refractivity contribution in [1.82, 2.24) is 5.32 Å². The van der Waals surface area contributed by atoms with Crippen molar-refractivity contribution in [3.05, 3.63) is 29.8 Å². The molecule has 1 aromatic rings. The first-order valence-corrected chi connectivity index (χ1v) is 6.88. The lowest BCUT2D eigenvalue weighted by Gasteiger charge is -2.15. The Hall–Kier alpha value is -1.55. The average Bonchev–Trinajstić information content (AvgIpc) is 2.43. The summed E-state index contributed by atoms with van der Waals surface area (Å²) in [5.41, 5.74) is 2.08. The lowest BCUT2D eigenvalue weighted by molar-refractivity contribution is -0.121. The van der Waals surface area contributed by atoms with Gasteiger partial charge in [0.1, 0.15) is 6.04 Å². The van der Waals surface area contributed by atoms with E-state index in [2.05, 4.69) is 10.6 Å². The largest absolute Gasteiger partial charge is 0.377 e. The van der Waals surface area contributed by atoms with Crippen LogP contribution in [0.3, 0.4) is 0 Å². The second kappa shape index (κ2) is 8.53. The van der Waals surface area contributed by atoms with E-state index in [-0.39, 0.29) is 11.9 Å². The zero-order valence-electron chi connectivity index (χ0n) is 12.0. The summed E-state index contributed by atoms with van der Waals surface area (Å²) in [6.07, 6.45) is 0.949. The summed E-state index contributed by atoms with van der Waals surface area (Å²) in [4.78, 5) is 11.7. The van der Waals surface area contributed by atoms with Gasteiger partial charge in [0.05, 0.1) is 6.61 Å². The second-order valence-corrected chi connectivity index (χ2v) is 4.49. The van der Waals surface area contributed by atoms with Crippen molar-refractivity contribution in [2.75, 3.05) is 18.5 Å². The van der Waals surface area contributed by atoms with Gasteiger partial charge in [-0.2, -0.15) is 0 Å². The van der Waals surface area contributed by atoms with Crippen LogP contribution in [0.25, 0.3) is 0 Å². The Kier molecular flexibility index (Phi) is 6.97. The molecule has 0 bridgehead atoms. The predicted molar refractivity (Wildman–Crippen MR) is 78.2 cm³/mol. The molecule has 0 aromatic heterocycles. The number of carbonyl (C=O) groups is 1. The molecule has 0 fully saturated rings. The maximum atomic E-state index is 11.7. The number of benzene rings is 1. The van der Waals surface area contributed by atoms with Gasteiger partial charge in [0.15, 0.2) is 0 Å². The van der Waals surface area contributed by atoms with Gasteiger partial charge in [-0.25, -0.2) is 0 Å². The van der Waals surface area contributed by atoms with Crippen LogP contribution >= 0.6 is 0 Å². The summed E-state index contributed by atoms with van der Waals surface area (Å²) in [5.74, 6) is 0.0280. The Labute approximate surface area is 115 Å². The van der Waals surface area contributed by atoms with E-state index in [0.717, 1.165) is 24.2 Å². The average molecular weight is 264 g/mol. The molecule has 0 radical (unpaired) electrons. The number of amides is 1. The van der Waals surface area contributed by atoms with Crippen LogP contribution in [-0.4, -0.2) is 25.1 Å². The maximum Gasteiger partial charge on any atom is 0.242 e. The van der Waals surface area contributed by atoms with Gasteiger partial charge in [-0.05, 0) is 38.0 Å². The summed E-state index contributed by atoms with van der Waals surface area (Å²) < 4.78 is 5.34. The molecule has 106 valence electrons. The first kappa shape index (κ1) is 15.5. The molecule has 1 atom stereocenters. The van der Waals surface area contributed by atoms with Crippen molar-refractivity contribution >= 4 is 11.6 Å². The minimum absolute atomic E-state index is 0.0280. The number of hydrogen-bond donors (Lipinski definition) is 2. The Balaban J connectivity index is 2.45. The number of carbonyl (C=O) groups excluding carboxylic acids is 1. The van der Waals surface area contributed by atoms with Gasteiger partial charge in [0, 0.05) is 18.8 Å². The molecule has 4 nitrogen and oxygen atoms in total. The molecule has 0 saturated carbocycles. The molecule has 2 N–H and O–H groups in total. The number of ether oxygens (including phenoxy) is 1. The molecule has 0 spiro atoms. The number of nitrogens with one attached hydrogen (secondary N) is 2. The Morgan fingerprint density at radius 3 is 2.53 bits per heavy atom. The monoisotopic (exact) mass is 264 g/mol. The molecule has 0 aliphatic carbocycles. The maximum absolute atomic E-state index is 11.7. The molecular weight excluding hydrogens is 240 g/mol. The fourth-order valence-electron chi connectivity index (χ4n) is 1.63. The fourth-order valence-corrected chi connectivity index (χ4v) is 1.63. The molecule has 19 heavy (non-hydrogen) atoms. The van der Waals surface area contributed by atoms with Crippen LogP contribution in [0.2, 0.25) is 0 Å². The highest BCUT2D eigenvalue weighted by molar-refractivity contribution is 5.84. The zero-order chi connectivity index (χ0) is 14.1. The molecular formula is C15H24N2O2. The van der Waals surface area contributed by atoms with E-state index >= 15 is 0 Å². The van der Waals surface area contributed by atoms with Gasteiger partial charge < -0.3 is 15.4 Å². The highest BCUT2D eigenvalue weighted by Gasteiger charge is 2.11. The van der Waals surface area contributed by atoms with Crippen LogP contribution in [0.4, 0.5) is 5.69 Å². The summed E-state index contributed by atoms with van der Waals surface area (Å²) >= 11 is 0. The first-order chi connectivity index (χ1) is 9.17. The van der Waals surface area contributed by atoms with Crippen LogP contribution in [0.1, 0.15) is 32.8 Å². The summed E-state index contributed by atoms with van der Waals surface area (Å²) in [6, 6.07) is 7.73. The van der Waals surface area contributed by atoms with Gasteiger partial charge in [0.2, 0.25) is 5.91 Å². The van der Waals surface area contributed by atoms with Gasteiger partial charge in [-0.3, -0.25) is 4.79 Å². The van der Waals surface area contributed by atoms with E-state index in [1.54, 1.807) is 0 Å². The Bertz CT molecular complexity index is 376. The quantitative estimate of drug-likeness (QED) is 0.758. The van der Waals surface area contributed by atoms with E-state index in [9.17, 15) is 4.79 Å². The van der Waals surface area contributed by atoms with Crippen molar-refractivity contribution in [3.63, 3.8) is 0 Å². The smallest absolute Gasteiger partial charge is 0.242 e. The van der Waals surface area contributed by atoms with Gasteiger partial charge in [-0.15, -0.1) is 0 Å². The number of rotatable bonds is 8. The van der Waals surface area contributed by atoms with Crippen LogP contribution < -0.4 is 10.6 Å². The van der Waals surface area contributed by atoms with E-state index in [1.165, 1.54) is 0 Å². The molecule has 0 aliphatic heterocycles. The summed E-state index contributed by atoms with van der Waals surface area (Å²) in [7, 11) is 0. The topological polar surface area (TPSA) is 50.4 Å². The second-order valence-electron chi connectivity index (χ2n) is 4.49. The van der Waals surface area contributed by atoms with E-state index in [0.29, 0.717) is 13.2 Å². The van der Waals surface area contributed by atoms with Crippen molar-refractivity contribution in [1.29, 1.82) is 0 Å². The Morgan fingerprint density at radius 2 is 1.95 bits per heavy atom. The lowest BCUT2D eigenvalue weighted by Crippen LogP contribution is -2.37. The summed E-state index contributed by atoms with van der Waals surface area (Å²) in [6.45, 7) is 7.94. The van der Waals surface area contributed by atoms with Crippen LogP contribution in [0.15, 0.2) is 24.3 Å². The lowest BCUT2D eigenvalue weighted by atomic mass is 10.2. The molecule has 1 rings (SSSR count). The molecule has 0 unspecified atom stereocenters. The molecule has 0 heterocycles. The minimum atomic E-state index is -0.232. The van der Waals surface area contributed by atoms with Crippen molar-refractivity contribution in [2.45, 2.75) is 39.8 Å². The number of hydrogen-bond acceptors (Lipinski definition) is 3. The van der Waals surface area contributed by atoms with Crippen molar-refractivity contribution in [3.8, 4) is 0 Å². The molecule has 1 amide bonds. The van der Waals surface area contributed by atoms with Crippen LogP contribution in [-0.2, 0) is 16.1 Å². The minimum Gasteiger partial charge on any atom is -0.377 e. The Morgan fingerprint density at radius 1 is 1.26 bits per heavy atom. The predicted octanol–water partition coefficient (Wildman–Crippen LogP) is 2.55. The third kappa shape index (κ3) is 5.75. The summed E-state index contributed by atoms with van der Waals surface area (Å²) in [5, 5.41) is 6.05. The van der Waals surface area contributed by atoms with Gasteiger partial charge >= 0.3 is 0 Å². The SMILES string of the molecule is CCCNC(=O)[C@H](C)Nc1ccc(COCC)cc1. The first-order valence-electron chi connectivity index (χ1n) is 6.88. The van der Waals surface area contributed by atoms with Crippen molar-refractivity contribution in [2.24, 2.45) is 0 Å². The molecule has 0 aliphatic rings. The van der Waals surface area contributed by atoms with E-state index in [1.807, 2.05) is 45.0 Å². The van der Waals surface area contributed by atoms with Crippen LogP contribution in [0, 0.1) is 0 Å². The fraction of sp³-hybridized carbons (Fsp3) is 0.533. The highest BCUT2D eigenvalue weighted by Crippen LogP contribution is 2.11. The highest BCUT2D eigenvalue weighted by atomic mass is 16.5. The van der Waals surface area contributed by atoms with E-state index in [4.69, 9.17) is 4.74 Å². The van der Waals surface area contributed by atoms with Crippen LogP contribution in [0.5, 0.6) is 0 Å². The van der Waals surface area contributed by atoms with Gasteiger partial charge in [-0.1, -0.05) is 19.1 Å².